The van der Waals surface area contributed by atoms with Crippen molar-refractivity contribution in [3.8, 4) is 5.75 Å². The summed E-state index contributed by atoms with van der Waals surface area (Å²) in [5.41, 5.74) is 1.25. The van der Waals surface area contributed by atoms with Crippen LogP contribution in [-0.4, -0.2) is 27.6 Å². The van der Waals surface area contributed by atoms with E-state index in [-0.39, 0.29) is 10.7 Å². The number of alkyl halides is 1. The van der Waals surface area contributed by atoms with Crippen molar-refractivity contribution in [1.29, 1.82) is 0 Å². The van der Waals surface area contributed by atoms with Crippen LogP contribution in [0.5, 0.6) is 5.75 Å². The highest BCUT2D eigenvalue weighted by Crippen LogP contribution is 2.28. The molecule has 0 heterocycles. The number of Topliss-reactive ketones (excluding diaryl/α,β-unsaturated/α-hetero) is 1. The maximum atomic E-state index is 12.4. The first-order valence-corrected chi connectivity index (χ1v) is 9.26. The largest absolute Gasteiger partial charge is 0.497 e. The highest BCUT2D eigenvalue weighted by atomic mass is 79.9. The minimum Gasteiger partial charge on any atom is -0.497 e. The maximum Gasteiger partial charge on any atom is 0.180 e. The smallest absolute Gasteiger partial charge is 0.180 e. The summed E-state index contributed by atoms with van der Waals surface area (Å²) in [6.07, 6.45) is 1.15. The van der Waals surface area contributed by atoms with Gasteiger partial charge in [-0.05, 0) is 42.0 Å². The first-order chi connectivity index (χ1) is 10.3. The number of ketones is 1. The summed E-state index contributed by atoms with van der Waals surface area (Å²) in [5, 5.41) is 0. The quantitative estimate of drug-likeness (QED) is 0.587. The van der Waals surface area contributed by atoms with Crippen LogP contribution >= 0.6 is 15.9 Å². The van der Waals surface area contributed by atoms with Crippen LogP contribution in [0.25, 0.3) is 0 Å². The molecule has 0 aliphatic rings. The third-order valence-electron chi connectivity index (χ3n) is 3.21. The molecule has 6 heteroatoms. The second kappa shape index (κ2) is 6.62. The minimum absolute atomic E-state index is 0.102. The van der Waals surface area contributed by atoms with Gasteiger partial charge in [0.15, 0.2) is 15.6 Å². The van der Waals surface area contributed by atoms with Gasteiger partial charge in [0.2, 0.25) is 0 Å². The molecule has 116 valence electrons. The standard InChI is InChI=1S/C16H15BrO4S/c1-21-13-7-3-12(4-8-13)16(18)15(17)11-5-9-14(10-6-11)22(2,19)20/h3-10,15H,1-2H3. The monoisotopic (exact) mass is 382 g/mol. The van der Waals surface area contributed by atoms with Crippen LogP contribution < -0.4 is 4.74 Å². The Balaban J connectivity index is 2.22. The number of sulfone groups is 1. The molecule has 0 fully saturated rings. The molecule has 22 heavy (non-hydrogen) atoms. The lowest BCUT2D eigenvalue weighted by atomic mass is 10.0. The summed E-state index contributed by atoms with van der Waals surface area (Å²) < 4.78 is 27.9. The Hall–Kier alpha value is -1.66. The van der Waals surface area contributed by atoms with Gasteiger partial charge in [0.25, 0.3) is 0 Å². The molecule has 0 radical (unpaired) electrons. The van der Waals surface area contributed by atoms with Crippen molar-refractivity contribution in [2.45, 2.75) is 9.72 Å². The average molecular weight is 383 g/mol. The molecule has 0 N–H and O–H groups in total. The van der Waals surface area contributed by atoms with E-state index in [2.05, 4.69) is 15.9 Å². The van der Waals surface area contributed by atoms with Gasteiger partial charge in [0.05, 0.1) is 12.0 Å². The summed E-state index contributed by atoms with van der Waals surface area (Å²) in [6, 6.07) is 13.1. The number of ether oxygens (including phenoxy) is 1. The highest BCUT2D eigenvalue weighted by Gasteiger charge is 2.19. The molecule has 0 bridgehead atoms. The van der Waals surface area contributed by atoms with Crippen molar-refractivity contribution in [2.75, 3.05) is 13.4 Å². The van der Waals surface area contributed by atoms with Crippen molar-refractivity contribution >= 4 is 31.6 Å². The zero-order valence-electron chi connectivity index (χ0n) is 12.1. The second-order valence-corrected chi connectivity index (χ2v) is 7.73. The van der Waals surface area contributed by atoms with E-state index in [1.165, 1.54) is 12.1 Å². The molecule has 1 atom stereocenters. The zero-order chi connectivity index (χ0) is 16.3. The predicted molar refractivity (Wildman–Crippen MR) is 88.5 cm³/mol. The third kappa shape index (κ3) is 3.75. The molecule has 0 amide bonds. The Labute approximate surface area is 138 Å². The van der Waals surface area contributed by atoms with Gasteiger partial charge in [-0.2, -0.15) is 0 Å². The molecule has 0 aliphatic heterocycles. The Kier molecular flexibility index (Phi) is 5.03. The fraction of sp³-hybridized carbons (Fsp3) is 0.188. The van der Waals surface area contributed by atoms with Crippen LogP contribution in [0.2, 0.25) is 0 Å². The van der Waals surface area contributed by atoms with Gasteiger partial charge in [-0.15, -0.1) is 0 Å². The van der Waals surface area contributed by atoms with E-state index >= 15 is 0 Å². The summed E-state index contributed by atoms with van der Waals surface area (Å²) in [4.78, 5) is 12.1. The van der Waals surface area contributed by atoms with Crippen LogP contribution in [0.3, 0.4) is 0 Å². The van der Waals surface area contributed by atoms with Crippen molar-refractivity contribution in [1.82, 2.24) is 0 Å². The van der Waals surface area contributed by atoms with Crippen LogP contribution in [0.1, 0.15) is 20.7 Å². The van der Waals surface area contributed by atoms with Crippen molar-refractivity contribution in [3.63, 3.8) is 0 Å². The Morgan fingerprint density at radius 1 is 1.05 bits per heavy atom. The first kappa shape index (κ1) is 16.7. The SMILES string of the molecule is COc1ccc(C(=O)C(Br)c2ccc(S(C)(=O)=O)cc2)cc1. The van der Waals surface area contributed by atoms with Gasteiger partial charge >= 0.3 is 0 Å². The number of halogens is 1. The molecular weight excluding hydrogens is 368 g/mol. The van der Waals surface area contributed by atoms with Crippen LogP contribution in [0.15, 0.2) is 53.4 Å². The lowest BCUT2D eigenvalue weighted by molar-refractivity contribution is 0.0991. The highest BCUT2D eigenvalue weighted by molar-refractivity contribution is 9.09. The van der Waals surface area contributed by atoms with Gasteiger partial charge in [0.1, 0.15) is 10.6 Å². The van der Waals surface area contributed by atoms with Crippen LogP contribution in [0.4, 0.5) is 0 Å². The number of rotatable bonds is 5. The molecule has 0 aliphatic carbocycles. The molecule has 0 aromatic heterocycles. The van der Waals surface area contributed by atoms with Gasteiger partial charge in [-0.25, -0.2) is 8.42 Å². The Morgan fingerprint density at radius 2 is 1.59 bits per heavy atom. The molecular formula is C16H15BrO4S. The van der Waals surface area contributed by atoms with Gasteiger partial charge < -0.3 is 4.74 Å². The van der Waals surface area contributed by atoms with Gasteiger partial charge in [0, 0.05) is 11.8 Å². The summed E-state index contributed by atoms with van der Waals surface area (Å²) in [6.45, 7) is 0. The lowest BCUT2D eigenvalue weighted by Gasteiger charge is -2.10. The molecule has 0 saturated carbocycles. The number of methoxy groups -OCH3 is 1. The first-order valence-electron chi connectivity index (χ1n) is 6.45. The van der Waals surface area contributed by atoms with Crippen molar-refractivity contribution in [3.05, 3.63) is 59.7 Å². The van der Waals surface area contributed by atoms with E-state index in [1.807, 2.05) is 0 Å². The number of carbonyl (C=O) groups is 1. The molecule has 0 spiro atoms. The van der Waals surface area contributed by atoms with Gasteiger partial charge in [-0.3, -0.25) is 4.79 Å². The van der Waals surface area contributed by atoms with E-state index in [0.717, 1.165) is 6.26 Å². The second-order valence-electron chi connectivity index (χ2n) is 4.80. The van der Waals surface area contributed by atoms with Crippen LogP contribution in [-0.2, 0) is 9.84 Å². The maximum absolute atomic E-state index is 12.4. The number of hydrogen-bond acceptors (Lipinski definition) is 4. The lowest BCUT2D eigenvalue weighted by Crippen LogP contribution is -2.07. The zero-order valence-corrected chi connectivity index (χ0v) is 14.5. The minimum atomic E-state index is -3.24. The van der Waals surface area contributed by atoms with E-state index in [9.17, 15) is 13.2 Å². The van der Waals surface area contributed by atoms with Crippen molar-refractivity contribution in [2.24, 2.45) is 0 Å². The van der Waals surface area contributed by atoms with Gasteiger partial charge in [-0.1, -0.05) is 28.1 Å². The molecule has 1 unspecified atom stereocenters. The van der Waals surface area contributed by atoms with E-state index in [4.69, 9.17) is 4.74 Å². The fourth-order valence-corrected chi connectivity index (χ4v) is 3.14. The normalized spacial score (nSPS) is 12.7. The fourth-order valence-electron chi connectivity index (χ4n) is 1.94. The van der Waals surface area contributed by atoms with E-state index < -0.39 is 14.7 Å². The molecule has 0 saturated heterocycles. The predicted octanol–water partition coefficient (Wildman–Crippen LogP) is 3.42. The summed E-state index contributed by atoms with van der Waals surface area (Å²) in [7, 11) is -1.68. The third-order valence-corrected chi connectivity index (χ3v) is 5.28. The Bertz CT molecular complexity index is 765. The topological polar surface area (TPSA) is 60.4 Å². The van der Waals surface area contributed by atoms with E-state index in [1.54, 1.807) is 43.5 Å². The van der Waals surface area contributed by atoms with Crippen molar-refractivity contribution < 1.29 is 17.9 Å². The Morgan fingerprint density at radius 3 is 2.05 bits per heavy atom. The average Bonchev–Trinajstić information content (AvgIpc) is 2.53. The number of carbonyl (C=O) groups excluding carboxylic acids is 1. The molecule has 2 rings (SSSR count). The van der Waals surface area contributed by atoms with E-state index in [0.29, 0.717) is 16.9 Å². The number of hydrogen-bond donors (Lipinski definition) is 0. The molecule has 2 aromatic carbocycles. The molecule has 2 aromatic rings. The summed E-state index contributed by atoms with van der Waals surface area (Å²) >= 11 is 3.37. The van der Waals surface area contributed by atoms with Crippen LogP contribution in [0, 0.1) is 0 Å². The summed E-state index contributed by atoms with van der Waals surface area (Å²) in [5.74, 6) is 0.579. The molecule has 4 nitrogen and oxygen atoms in total. The number of benzene rings is 2.